The summed E-state index contributed by atoms with van der Waals surface area (Å²) < 4.78 is 7.10. The van der Waals surface area contributed by atoms with Crippen LogP contribution >= 0.6 is 11.8 Å². The van der Waals surface area contributed by atoms with Crippen molar-refractivity contribution in [1.82, 2.24) is 14.8 Å². The number of nitrogens with one attached hydrogen (secondary N) is 1. The fraction of sp³-hybridized carbons (Fsp3) is 0.238. The molecule has 0 saturated carbocycles. The van der Waals surface area contributed by atoms with E-state index in [-0.39, 0.29) is 12.5 Å². The van der Waals surface area contributed by atoms with Crippen LogP contribution in [0.1, 0.15) is 29.7 Å². The minimum Gasteiger partial charge on any atom is -0.394 e. The van der Waals surface area contributed by atoms with Crippen molar-refractivity contribution in [3.8, 4) is 5.82 Å². The summed E-state index contributed by atoms with van der Waals surface area (Å²) in [7, 11) is 0. The summed E-state index contributed by atoms with van der Waals surface area (Å²) in [6, 6.07) is 12.3. The first-order valence-electron chi connectivity index (χ1n) is 9.11. The van der Waals surface area contributed by atoms with Gasteiger partial charge in [-0.25, -0.2) is 9.67 Å². The molecule has 1 aliphatic rings. The van der Waals surface area contributed by atoms with E-state index in [1.807, 2.05) is 24.4 Å². The highest BCUT2D eigenvalue weighted by molar-refractivity contribution is 8.03. The normalized spacial score (nSPS) is 14.0. The maximum Gasteiger partial charge on any atom is 0.153 e. The predicted octanol–water partition coefficient (Wildman–Crippen LogP) is 3.92. The molecule has 0 aliphatic carbocycles. The molecule has 28 heavy (non-hydrogen) atoms. The minimum atomic E-state index is 0.0218. The van der Waals surface area contributed by atoms with Gasteiger partial charge in [0.2, 0.25) is 0 Å². The summed E-state index contributed by atoms with van der Waals surface area (Å²) >= 11 is 1.66. The van der Waals surface area contributed by atoms with Crippen molar-refractivity contribution in [2.45, 2.75) is 24.3 Å². The second kappa shape index (κ2) is 8.18. The molecule has 6 nitrogen and oxygen atoms in total. The van der Waals surface area contributed by atoms with Crippen molar-refractivity contribution in [1.29, 1.82) is 0 Å². The Morgan fingerprint density at radius 2 is 2.18 bits per heavy atom. The van der Waals surface area contributed by atoms with Crippen molar-refractivity contribution >= 4 is 17.4 Å². The van der Waals surface area contributed by atoms with Gasteiger partial charge >= 0.3 is 0 Å². The molecule has 3 aromatic rings. The van der Waals surface area contributed by atoms with E-state index >= 15 is 0 Å². The van der Waals surface area contributed by atoms with Crippen LogP contribution in [0.15, 0.2) is 65.3 Å². The van der Waals surface area contributed by atoms with Gasteiger partial charge in [0.1, 0.15) is 0 Å². The molecular formula is C21H22N4O2S. The van der Waals surface area contributed by atoms with E-state index in [2.05, 4.69) is 42.0 Å². The molecule has 0 radical (unpaired) electrons. The molecule has 4 rings (SSSR count). The number of rotatable bonds is 7. The van der Waals surface area contributed by atoms with Crippen LogP contribution in [-0.4, -0.2) is 33.1 Å². The number of nitrogens with zero attached hydrogens (tertiary/aromatic N) is 3. The van der Waals surface area contributed by atoms with E-state index in [9.17, 15) is 0 Å². The standard InChI is InChI=1S/C21H22N4O2S/c1-14(17-4-5-19-20(11-17)28-15(2)23-19)18-7-8-25(24-18)21-6-3-16(12-22-21)13-27-10-9-26/h3-8,11-12,14,23,26H,2,9-10,13H2,1H3. The van der Waals surface area contributed by atoms with E-state index in [1.54, 1.807) is 22.6 Å². The van der Waals surface area contributed by atoms with Crippen molar-refractivity contribution in [2.75, 3.05) is 18.5 Å². The van der Waals surface area contributed by atoms with Crippen LogP contribution in [0.3, 0.4) is 0 Å². The van der Waals surface area contributed by atoms with Crippen molar-refractivity contribution in [3.05, 3.63) is 77.2 Å². The number of aliphatic hydroxyl groups is 1. The molecule has 144 valence electrons. The Morgan fingerprint density at radius 3 is 2.96 bits per heavy atom. The third kappa shape index (κ3) is 3.96. The average Bonchev–Trinajstić information content (AvgIpc) is 3.33. The minimum absolute atomic E-state index is 0.0218. The third-order valence-electron chi connectivity index (χ3n) is 4.61. The molecule has 0 amide bonds. The number of fused-ring (bicyclic) bond motifs is 1. The number of aliphatic hydroxyl groups excluding tert-OH is 1. The van der Waals surface area contributed by atoms with E-state index in [1.165, 1.54) is 10.5 Å². The second-order valence-corrected chi connectivity index (χ2v) is 7.75. The van der Waals surface area contributed by atoms with Crippen LogP contribution < -0.4 is 5.32 Å². The lowest BCUT2D eigenvalue weighted by Crippen LogP contribution is -2.03. The first-order valence-corrected chi connectivity index (χ1v) is 9.93. The summed E-state index contributed by atoms with van der Waals surface area (Å²) in [4.78, 5) is 5.67. The molecule has 0 bridgehead atoms. The van der Waals surface area contributed by atoms with Crippen molar-refractivity contribution in [3.63, 3.8) is 0 Å². The highest BCUT2D eigenvalue weighted by atomic mass is 32.2. The van der Waals surface area contributed by atoms with E-state index < -0.39 is 0 Å². The maximum atomic E-state index is 8.76. The fourth-order valence-electron chi connectivity index (χ4n) is 3.06. The predicted molar refractivity (Wildman–Crippen MR) is 111 cm³/mol. The van der Waals surface area contributed by atoms with Crippen LogP contribution in [0.2, 0.25) is 0 Å². The summed E-state index contributed by atoms with van der Waals surface area (Å²) in [5.41, 5.74) is 4.29. The number of hydrogen-bond acceptors (Lipinski definition) is 6. The van der Waals surface area contributed by atoms with Gasteiger partial charge in [0.05, 0.1) is 36.2 Å². The van der Waals surface area contributed by atoms with Crippen LogP contribution in [-0.2, 0) is 11.3 Å². The van der Waals surface area contributed by atoms with Gasteiger partial charge < -0.3 is 15.2 Å². The SMILES string of the molecule is C=C1Nc2ccc(C(C)c3ccn(-c4ccc(COCCO)cn4)n3)cc2S1. The Kier molecular flexibility index (Phi) is 5.47. The molecule has 1 atom stereocenters. The molecule has 1 aromatic carbocycles. The lowest BCUT2D eigenvalue weighted by atomic mass is 9.98. The van der Waals surface area contributed by atoms with Gasteiger partial charge in [0, 0.05) is 23.2 Å². The number of ether oxygens (including phenoxy) is 1. The fourth-order valence-corrected chi connectivity index (χ4v) is 3.91. The zero-order chi connectivity index (χ0) is 19.5. The first kappa shape index (κ1) is 18.7. The lowest BCUT2D eigenvalue weighted by molar-refractivity contribution is 0.0814. The summed E-state index contributed by atoms with van der Waals surface area (Å²) in [6.45, 7) is 6.92. The summed E-state index contributed by atoms with van der Waals surface area (Å²) in [5, 5.41) is 17.7. The number of aromatic nitrogens is 3. The number of thioether (sulfide) groups is 1. The number of pyridine rings is 1. The van der Waals surface area contributed by atoms with Gasteiger partial charge in [0.25, 0.3) is 0 Å². The Labute approximate surface area is 168 Å². The summed E-state index contributed by atoms with van der Waals surface area (Å²) in [5.74, 6) is 0.932. The van der Waals surface area contributed by atoms with Crippen LogP contribution in [0, 0.1) is 0 Å². The molecular weight excluding hydrogens is 372 g/mol. The topological polar surface area (TPSA) is 72.2 Å². The molecule has 1 aliphatic heterocycles. The molecule has 0 spiro atoms. The zero-order valence-corrected chi connectivity index (χ0v) is 16.4. The number of hydrogen-bond donors (Lipinski definition) is 2. The largest absolute Gasteiger partial charge is 0.394 e. The van der Waals surface area contributed by atoms with E-state index in [0.29, 0.717) is 13.2 Å². The summed E-state index contributed by atoms with van der Waals surface area (Å²) in [6.07, 6.45) is 3.71. The Morgan fingerprint density at radius 1 is 1.29 bits per heavy atom. The highest BCUT2D eigenvalue weighted by Gasteiger charge is 2.18. The molecule has 2 aromatic heterocycles. The Balaban J connectivity index is 1.48. The number of anilines is 1. The molecule has 3 heterocycles. The maximum absolute atomic E-state index is 8.76. The zero-order valence-electron chi connectivity index (χ0n) is 15.6. The molecule has 0 saturated heterocycles. The molecule has 0 fully saturated rings. The van der Waals surface area contributed by atoms with Gasteiger partial charge in [0.15, 0.2) is 5.82 Å². The molecule has 2 N–H and O–H groups in total. The monoisotopic (exact) mass is 394 g/mol. The highest BCUT2D eigenvalue weighted by Crippen LogP contribution is 2.41. The van der Waals surface area contributed by atoms with Gasteiger partial charge in [-0.1, -0.05) is 37.4 Å². The average molecular weight is 395 g/mol. The van der Waals surface area contributed by atoms with Crippen molar-refractivity contribution < 1.29 is 9.84 Å². The van der Waals surface area contributed by atoms with Crippen LogP contribution in [0.5, 0.6) is 0 Å². The molecule has 1 unspecified atom stereocenters. The first-order chi connectivity index (χ1) is 13.6. The quantitative estimate of drug-likeness (QED) is 0.592. The smallest absolute Gasteiger partial charge is 0.153 e. The number of benzene rings is 1. The van der Waals surface area contributed by atoms with Crippen LogP contribution in [0.25, 0.3) is 5.82 Å². The third-order valence-corrected chi connectivity index (χ3v) is 5.52. The second-order valence-electron chi connectivity index (χ2n) is 6.61. The van der Waals surface area contributed by atoms with Gasteiger partial charge in [-0.3, -0.25) is 0 Å². The van der Waals surface area contributed by atoms with E-state index in [0.717, 1.165) is 27.8 Å². The van der Waals surface area contributed by atoms with E-state index in [4.69, 9.17) is 14.9 Å². The lowest BCUT2D eigenvalue weighted by Gasteiger charge is -2.10. The van der Waals surface area contributed by atoms with Crippen LogP contribution in [0.4, 0.5) is 5.69 Å². The molecule has 7 heteroatoms. The van der Waals surface area contributed by atoms with Gasteiger partial charge in [-0.15, -0.1) is 0 Å². The van der Waals surface area contributed by atoms with Crippen molar-refractivity contribution in [2.24, 2.45) is 0 Å². The van der Waals surface area contributed by atoms with Gasteiger partial charge in [-0.2, -0.15) is 5.10 Å². The van der Waals surface area contributed by atoms with Gasteiger partial charge in [-0.05, 0) is 35.4 Å². The Hall–Kier alpha value is -2.61. The Bertz CT molecular complexity index is 984.